The van der Waals surface area contributed by atoms with Crippen molar-refractivity contribution in [3.63, 3.8) is 0 Å². The molecular formula is C8H13ClSi. The molecule has 0 radical (unpaired) electrons. The fourth-order valence-corrected chi connectivity index (χ4v) is 2.78. The molecular weight excluding hydrogens is 160 g/mol. The van der Waals surface area contributed by atoms with E-state index in [1.54, 1.807) is 0 Å². The van der Waals surface area contributed by atoms with Crippen molar-refractivity contribution in [1.82, 2.24) is 0 Å². The van der Waals surface area contributed by atoms with Gasteiger partial charge in [-0.15, -0.1) is 11.1 Å². The van der Waals surface area contributed by atoms with Crippen LogP contribution >= 0.6 is 11.1 Å². The van der Waals surface area contributed by atoms with Gasteiger partial charge in [0.05, 0.1) is 0 Å². The van der Waals surface area contributed by atoms with Crippen LogP contribution in [0.15, 0.2) is 12.2 Å². The van der Waals surface area contributed by atoms with Gasteiger partial charge in [0.1, 0.15) is 7.72 Å². The van der Waals surface area contributed by atoms with E-state index in [4.69, 9.17) is 11.1 Å². The van der Waals surface area contributed by atoms with Gasteiger partial charge < -0.3 is 0 Å². The molecule has 0 fully saturated rings. The highest BCUT2D eigenvalue weighted by atomic mass is 35.6. The van der Waals surface area contributed by atoms with Crippen molar-refractivity contribution in [1.29, 1.82) is 0 Å². The Morgan fingerprint density at radius 1 is 1.60 bits per heavy atom. The summed E-state index contributed by atoms with van der Waals surface area (Å²) in [7, 11) is -0.620. The normalized spacial score (nSPS) is 27.0. The second-order valence-electron chi connectivity index (χ2n) is 2.80. The third kappa shape index (κ3) is 2.80. The fourth-order valence-electron chi connectivity index (χ4n) is 1.29. The van der Waals surface area contributed by atoms with E-state index >= 15 is 0 Å². The second-order valence-corrected chi connectivity index (χ2v) is 6.09. The van der Waals surface area contributed by atoms with Crippen molar-refractivity contribution in [3.8, 4) is 0 Å². The average Bonchev–Trinajstić information content (AvgIpc) is 1.88. The summed E-state index contributed by atoms with van der Waals surface area (Å²) < 4.78 is 0. The molecule has 1 aliphatic rings. The first kappa shape index (κ1) is 8.22. The molecule has 0 spiro atoms. The molecule has 0 saturated carbocycles. The molecule has 0 aromatic heterocycles. The summed E-state index contributed by atoms with van der Waals surface area (Å²) in [6.07, 6.45) is 8.31. The highest BCUT2D eigenvalue weighted by Crippen LogP contribution is 2.15. The van der Waals surface area contributed by atoms with E-state index in [-0.39, 0.29) is 0 Å². The zero-order valence-electron chi connectivity index (χ0n) is 6.31. The van der Waals surface area contributed by atoms with E-state index < -0.39 is 7.72 Å². The molecule has 0 aromatic carbocycles. The predicted molar refractivity (Wildman–Crippen MR) is 50.0 cm³/mol. The highest BCUT2D eigenvalue weighted by molar-refractivity contribution is 7.08. The molecule has 0 N–H and O–H groups in total. The summed E-state index contributed by atoms with van der Waals surface area (Å²) in [5.41, 5.74) is 2.34. The number of allylic oxidation sites excluding steroid dienone is 2. The lowest BCUT2D eigenvalue weighted by Gasteiger charge is -2.12. The molecule has 1 unspecified atom stereocenters. The van der Waals surface area contributed by atoms with E-state index in [9.17, 15) is 0 Å². The van der Waals surface area contributed by atoms with Gasteiger partial charge in [-0.25, -0.2) is 0 Å². The van der Waals surface area contributed by atoms with Crippen molar-refractivity contribution in [2.24, 2.45) is 5.92 Å². The Hall–Kier alpha value is 0.117. The van der Waals surface area contributed by atoms with Crippen LogP contribution in [0.2, 0.25) is 6.55 Å². The molecule has 0 aromatic rings. The highest BCUT2D eigenvalue weighted by Gasteiger charge is 2.05. The topological polar surface area (TPSA) is 0 Å². The summed E-state index contributed by atoms with van der Waals surface area (Å²) in [6, 6.07) is 0. The quantitative estimate of drug-likeness (QED) is 0.324. The van der Waals surface area contributed by atoms with Crippen molar-refractivity contribution >= 4 is 24.5 Å². The third-order valence-corrected chi connectivity index (χ3v) is 3.08. The second kappa shape index (κ2) is 4.09. The Balaban J connectivity index is 2.42. The lowest BCUT2D eigenvalue weighted by atomic mass is 9.97. The molecule has 0 nitrogen and oxygen atoms in total. The minimum absolute atomic E-state index is 0.620. The van der Waals surface area contributed by atoms with Crippen molar-refractivity contribution in [2.45, 2.75) is 25.8 Å². The third-order valence-electron chi connectivity index (χ3n) is 1.77. The molecule has 0 bridgehead atoms. The van der Waals surface area contributed by atoms with Crippen LogP contribution in [-0.4, -0.2) is 13.4 Å². The Morgan fingerprint density at radius 2 is 2.40 bits per heavy atom. The molecule has 1 aliphatic carbocycles. The Bertz CT molecular complexity index is 157. The SMILES string of the molecule is C[Si](Cl)=CC1CC=CCC1. The Kier molecular flexibility index (Phi) is 3.36. The van der Waals surface area contributed by atoms with E-state index in [0.29, 0.717) is 0 Å². The van der Waals surface area contributed by atoms with Crippen molar-refractivity contribution in [3.05, 3.63) is 12.2 Å². The first-order valence-corrected chi connectivity index (χ1v) is 6.87. The van der Waals surface area contributed by atoms with E-state index in [1.807, 2.05) is 0 Å². The average molecular weight is 173 g/mol. The van der Waals surface area contributed by atoms with Crippen LogP contribution in [-0.2, 0) is 0 Å². The van der Waals surface area contributed by atoms with Gasteiger partial charge in [-0.3, -0.25) is 0 Å². The first-order chi connectivity index (χ1) is 4.79. The van der Waals surface area contributed by atoms with Crippen LogP contribution in [0.4, 0.5) is 0 Å². The predicted octanol–water partition coefficient (Wildman–Crippen LogP) is 2.59. The van der Waals surface area contributed by atoms with Crippen LogP contribution in [0.5, 0.6) is 0 Å². The lowest BCUT2D eigenvalue weighted by molar-refractivity contribution is 0.632. The van der Waals surface area contributed by atoms with Crippen LogP contribution in [0.1, 0.15) is 19.3 Å². The van der Waals surface area contributed by atoms with Gasteiger partial charge in [0.2, 0.25) is 0 Å². The molecule has 10 heavy (non-hydrogen) atoms. The summed E-state index contributed by atoms with van der Waals surface area (Å²) in [5, 5.41) is 0. The molecule has 0 amide bonds. The Labute approximate surface area is 68.8 Å². The number of rotatable bonds is 1. The standard InChI is InChI=1S/C8H13ClSi/c1-10(9)7-8-5-3-2-4-6-8/h2-3,7-8H,4-6H2,1H3. The molecule has 0 saturated heterocycles. The fraction of sp³-hybridized carbons (Fsp3) is 0.625. The molecule has 0 heterocycles. The molecule has 56 valence electrons. The largest absolute Gasteiger partial charge is 0.140 e. The summed E-state index contributed by atoms with van der Waals surface area (Å²) in [6.45, 7) is 2.13. The van der Waals surface area contributed by atoms with Gasteiger partial charge in [-0.1, -0.05) is 17.8 Å². The van der Waals surface area contributed by atoms with Gasteiger partial charge in [0, 0.05) is 0 Å². The number of halogens is 1. The van der Waals surface area contributed by atoms with E-state index in [0.717, 1.165) is 5.92 Å². The maximum atomic E-state index is 5.93. The zero-order chi connectivity index (χ0) is 7.40. The van der Waals surface area contributed by atoms with Crippen LogP contribution < -0.4 is 0 Å². The van der Waals surface area contributed by atoms with Crippen LogP contribution in [0.25, 0.3) is 0 Å². The van der Waals surface area contributed by atoms with Crippen molar-refractivity contribution < 1.29 is 0 Å². The van der Waals surface area contributed by atoms with Gasteiger partial charge in [-0.2, -0.15) is 0 Å². The Morgan fingerprint density at radius 3 is 2.90 bits per heavy atom. The minimum Gasteiger partial charge on any atom is -0.140 e. The zero-order valence-corrected chi connectivity index (χ0v) is 8.06. The summed E-state index contributed by atoms with van der Waals surface area (Å²) in [4.78, 5) is 0. The number of hydrogen-bond donors (Lipinski definition) is 0. The minimum atomic E-state index is -0.620. The van der Waals surface area contributed by atoms with Crippen LogP contribution in [0.3, 0.4) is 0 Å². The molecule has 1 atom stereocenters. The monoisotopic (exact) mass is 172 g/mol. The van der Waals surface area contributed by atoms with Gasteiger partial charge >= 0.3 is 0 Å². The maximum Gasteiger partial charge on any atom is 0.117 e. The lowest BCUT2D eigenvalue weighted by Crippen LogP contribution is -2.07. The molecule has 2 heteroatoms. The van der Waals surface area contributed by atoms with E-state index in [2.05, 4.69) is 24.4 Å². The molecule has 0 aliphatic heterocycles. The smallest absolute Gasteiger partial charge is 0.117 e. The summed E-state index contributed by atoms with van der Waals surface area (Å²) >= 11 is 5.93. The van der Waals surface area contributed by atoms with Crippen LogP contribution in [0, 0.1) is 5.92 Å². The van der Waals surface area contributed by atoms with E-state index in [1.165, 1.54) is 19.3 Å². The maximum absolute atomic E-state index is 5.93. The van der Waals surface area contributed by atoms with Crippen molar-refractivity contribution in [2.75, 3.05) is 0 Å². The van der Waals surface area contributed by atoms with Gasteiger partial charge in [0.25, 0.3) is 0 Å². The number of hydrogen-bond acceptors (Lipinski definition) is 0. The molecule has 1 rings (SSSR count). The van der Waals surface area contributed by atoms with Gasteiger partial charge in [-0.05, 0) is 31.7 Å². The first-order valence-electron chi connectivity index (χ1n) is 3.78. The summed E-state index contributed by atoms with van der Waals surface area (Å²) in [5.74, 6) is 0.779. The van der Waals surface area contributed by atoms with Gasteiger partial charge in [0.15, 0.2) is 0 Å².